The Morgan fingerprint density at radius 3 is 2.53 bits per heavy atom. The molecule has 3 heteroatoms. The fourth-order valence-electron chi connectivity index (χ4n) is 1.47. The zero-order chi connectivity index (χ0) is 11.4. The molecule has 92 valence electrons. The summed E-state index contributed by atoms with van der Waals surface area (Å²) in [6.45, 7) is 7.08. The SMILES string of the molecule is CCCNCCCCCN(C)CCSC. The van der Waals surface area contributed by atoms with Crippen molar-refractivity contribution < 1.29 is 0 Å². The molecule has 0 atom stereocenters. The van der Waals surface area contributed by atoms with Gasteiger partial charge in [-0.2, -0.15) is 11.8 Å². The third-order valence-electron chi connectivity index (χ3n) is 2.50. The molecule has 0 radical (unpaired) electrons. The van der Waals surface area contributed by atoms with Gasteiger partial charge in [-0.1, -0.05) is 13.3 Å². The van der Waals surface area contributed by atoms with Crippen LogP contribution in [0.15, 0.2) is 0 Å². The maximum Gasteiger partial charge on any atom is 0.00692 e. The van der Waals surface area contributed by atoms with Gasteiger partial charge in [0.15, 0.2) is 0 Å². The molecule has 2 nitrogen and oxygen atoms in total. The molecule has 0 fully saturated rings. The predicted octanol–water partition coefficient (Wildman–Crippen LogP) is 2.45. The number of unbranched alkanes of at least 4 members (excludes halogenated alkanes) is 2. The summed E-state index contributed by atoms with van der Waals surface area (Å²) >= 11 is 1.93. The second-order valence-corrected chi connectivity index (χ2v) is 5.09. The standard InChI is InChI=1S/C12H28N2S/c1-4-8-13-9-6-5-7-10-14(2)11-12-15-3/h13H,4-12H2,1-3H3. The van der Waals surface area contributed by atoms with Gasteiger partial charge in [-0.15, -0.1) is 0 Å². The highest BCUT2D eigenvalue weighted by Gasteiger charge is 1.96. The maximum atomic E-state index is 3.44. The van der Waals surface area contributed by atoms with Crippen LogP contribution in [-0.2, 0) is 0 Å². The Hall–Kier alpha value is 0.270. The summed E-state index contributed by atoms with van der Waals surface area (Å²) in [5.74, 6) is 1.26. The average Bonchev–Trinajstić information content (AvgIpc) is 2.25. The molecule has 0 bridgehead atoms. The first-order chi connectivity index (χ1) is 7.31. The number of nitrogens with one attached hydrogen (secondary N) is 1. The van der Waals surface area contributed by atoms with E-state index in [-0.39, 0.29) is 0 Å². The fourth-order valence-corrected chi connectivity index (χ4v) is 1.96. The maximum absolute atomic E-state index is 3.44. The van der Waals surface area contributed by atoms with Crippen molar-refractivity contribution in [1.29, 1.82) is 0 Å². The van der Waals surface area contributed by atoms with Crippen LogP contribution in [0.2, 0.25) is 0 Å². The highest BCUT2D eigenvalue weighted by Crippen LogP contribution is 1.98. The lowest BCUT2D eigenvalue weighted by molar-refractivity contribution is 0.344. The highest BCUT2D eigenvalue weighted by molar-refractivity contribution is 7.98. The van der Waals surface area contributed by atoms with E-state index in [1.807, 2.05) is 11.8 Å². The van der Waals surface area contributed by atoms with Gasteiger partial charge in [0.25, 0.3) is 0 Å². The van der Waals surface area contributed by atoms with Crippen LogP contribution in [0.3, 0.4) is 0 Å². The van der Waals surface area contributed by atoms with Gasteiger partial charge in [0, 0.05) is 12.3 Å². The van der Waals surface area contributed by atoms with Gasteiger partial charge in [0.2, 0.25) is 0 Å². The first-order valence-corrected chi connectivity index (χ1v) is 7.58. The summed E-state index contributed by atoms with van der Waals surface area (Å²) in [4.78, 5) is 2.44. The molecular formula is C12H28N2S. The minimum absolute atomic E-state index is 1.17. The van der Waals surface area contributed by atoms with Gasteiger partial charge >= 0.3 is 0 Å². The molecular weight excluding hydrogens is 204 g/mol. The first kappa shape index (κ1) is 15.3. The molecule has 1 N–H and O–H groups in total. The molecule has 0 aliphatic carbocycles. The van der Waals surface area contributed by atoms with E-state index < -0.39 is 0 Å². The van der Waals surface area contributed by atoms with Crippen LogP contribution in [0.1, 0.15) is 32.6 Å². The number of hydrogen-bond acceptors (Lipinski definition) is 3. The van der Waals surface area contributed by atoms with Crippen molar-refractivity contribution >= 4 is 11.8 Å². The van der Waals surface area contributed by atoms with Gasteiger partial charge in [0.05, 0.1) is 0 Å². The smallest absolute Gasteiger partial charge is 0.00692 e. The average molecular weight is 232 g/mol. The van der Waals surface area contributed by atoms with Crippen molar-refractivity contribution in [2.24, 2.45) is 0 Å². The third kappa shape index (κ3) is 12.2. The Labute approximate surface area is 100 Å². The van der Waals surface area contributed by atoms with E-state index in [1.165, 1.54) is 57.6 Å². The molecule has 0 aliphatic heterocycles. The molecule has 0 aromatic heterocycles. The summed E-state index contributed by atoms with van der Waals surface area (Å²) in [5.41, 5.74) is 0. The van der Waals surface area contributed by atoms with E-state index in [1.54, 1.807) is 0 Å². The second kappa shape index (κ2) is 12.3. The lowest BCUT2D eigenvalue weighted by Gasteiger charge is -2.15. The lowest BCUT2D eigenvalue weighted by Crippen LogP contribution is -2.22. The molecule has 0 aromatic carbocycles. The zero-order valence-corrected chi connectivity index (χ0v) is 11.5. The molecule has 0 unspecified atom stereocenters. The zero-order valence-electron chi connectivity index (χ0n) is 10.7. The van der Waals surface area contributed by atoms with Crippen molar-refractivity contribution in [2.75, 3.05) is 45.2 Å². The van der Waals surface area contributed by atoms with Crippen molar-refractivity contribution in [3.05, 3.63) is 0 Å². The van der Waals surface area contributed by atoms with E-state index in [9.17, 15) is 0 Å². The number of thioether (sulfide) groups is 1. The highest BCUT2D eigenvalue weighted by atomic mass is 32.2. The summed E-state index contributed by atoms with van der Waals surface area (Å²) in [7, 11) is 2.23. The van der Waals surface area contributed by atoms with E-state index in [0.29, 0.717) is 0 Å². The van der Waals surface area contributed by atoms with Crippen LogP contribution in [0.25, 0.3) is 0 Å². The number of nitrogens with zero attached hydrogens (tertiary/aromatic N) is 1. The Morgan fingerprint density at radius 2 is 1.87 bits per heavy atom. The Kier molecular flexibility index (Phi) is 12.6. The van der Waals surface area contributed by atoms with Gasteiger partial charge in [-0.25, -0.2) is 0 Å². The second-order valence-electron chi connectivity index (χ2n) is 4.11. The Bertz CT molecular complexity index is 120. The van der Waals surface area contributed by atoms with E-state index in [2.05, 4.69) is 30.4 Å². The topological polar surface area (TPSA) is 15.3 Å². The molecule has 0 saturated heterocycles. The molecule has 0 aromatic rings. The van der Waals surface area contributed by atoms with E-state index in [4.69, 9.17) is 0 Å². The van der Waals surface area contributed by atoms with Crippen LogP contribution in [-0.4, -0.2) is 50.1 Å². The molecule has 15 heavy (non-hydrogen) atoms. The Balaban J connectivity index is 3.02. The van der Waals surface area contributed by atoms with Crippen molar-refractivity contribution in [3.8, 4) is 0 Å². The summed E-state index contributed by atoms with van der Waals surface area (Å²) in [6, 6.07) is 0. The molecule has 0 saturated carbocycles. The molecule has 0 amide bonds. The monoisotopic (exact) mass is 232 g/mol. The van der Waals surface area contributed by atoms with Gasteiger partial charge in [-0.3, -0.25) is 0 Å². The predicted molar refractivity (Wildman–Crippen MR) is 72.9 cm³/mol. The van der Waals surface area contributed by atoms with Crippen LogP contribution in [0, 0.1) is 0 Å². The van der Waals surface area contributed by atoms with Crippen molar-refractivity contribution in [3.63, 3.8) is 0 Å². The van der Waals surface area contributed by atoms with Crippen molar-refractivity contribution in [1.82, 2.24) is 10.2 Å². The number of rotatable bonds is 11. The first-order valence-electron chi connectivity index (χ1n) is 6.19. The van der Waals surface area contributed by atoms with E-state index in [0.717, 1.165) is 0 Å². The molecule has 0 aliphatic rings. The normalized spacial score (nSPS) is 11.2. The van der Waals surface area contributed by atoms with E-state index >= 15 is 0 Å². The third-order valence-corrected chi connectivity index (χ3v) is 3.09. The molecule has 0 spiro atoms. The molecule has 0 heterocycles. The number of hydrogen-bond donors (Lipinski definition) is 1. The minimum Gasteiger partial charge on any atom is -0.317 e. The lowest BCUT2D eigenvalue weighted by atomic mass is 10.2. The summed E-state index contributed by atoms with van der Waals surface area (Å²) in [6.07, 6.45) is 7.46. The quantitative estimate of drug-likeness (QED) is 0.551. The van der Waals surface area contributed by atoms with Gasteiger partial charge in [0.1, 0.15) is 0 Å². The van der Waals surface area contributed by atoms with Gasteiger partial charge in [-0.05, 0) is 52.2 Å². The van der Waals surface area contributed by atoms with Crippen LogP contribution < -0.4 is 5.32 Å². The fraction of sp³-hybridized carbons (Fsp3) is 1.00. The Morgan fingerprint density at radius 1 is 1.07 bits per heavy atom. The largest absolute Gasteiger partial charge is 0.317 e. The van der Waals surface area contributed by atoms with Crippen molar-refractivity contribution in [2.45, 2.75) is 32.6 Å². The van der Waals surface area contributed by atoms with Crippen LogP contribution in [0.4, 0.5) is 0 Å². The molecule has 0 rings (SSSR count). The van der Waals surface area contributed by atoms with Gasteiger partial charge < -0.3 is 10.2 Å². The summed E-state index contributed by atoms with van der Waals surface area (Å²) in [5, 5.41) is 3.44. The minimum atomic E-state index is 1.17. The summed E-state index contributed by atoms with van der Waals surface area (Å²) < 4.78 is 0. The van der Waals surface area contributed by atoms with Crippen LogP contribution in [0.5, 0.6) is 0 Å². The van der Waals surface area contributed by atoms with Crippen LogP contribution >= 0.6 is 11.8 Å².